The number of hydrogen-bond donors (Lipinski definition) is 1. The highest BCUT2D eigenvalue weighted by Crippen LogP contribution is 2.19. The van der Waals surface area contributed by atoms with Gasteiger partial charge < -0.3 is 9.55 Å². The molecule has 4 rings (SSSR count). The molecule has 0 aliphatic rings. The summed E-state index contributed by atoms with van der Waals surface area (Å²) in [6.07, 6.45) is 1.66. The molecule has 0 saturated heterocycles. The van der Waals surface area contributed by atoms with Gasteiger partial charge in [-0.3, -0.25) is 4.79 Å². The average Bonchev–Trinajstić information content (AvgIpc) is 2.99. The predicted octanol–water partition coefficient (Wildman–Crippen LogP) is 3.56. The quantitative estimate of drug-likeness (QED) is 0.579. The Hall–Kier alpha value is -2.91. The second-order valence-electron chi connectivity index (χ2n) is 5.52. The minimum Gasteiger partial charge on any atom is -0.339 e. The van der Waals surface area contributed by atoms with Crippen molar-refractivity contribution in [3.63, 3.8) is 0 Å². The third-order valence-electron chi connectivity index (χ3n) is 3.97. The number of halogens is 1. The van der Waals surface area contributed by atoms with Crippen LogP contribution in [-0.2, 0) is 6.54 Å². The number of H-pyrrole nitrogens is 1. The highest BCUT2D eigenvalue weighted by molar-refractivity contribution is 9.10. The molecule has 2 aromatic carbocycles. The molecule has 0 fully saturated rings. The lowest BCUT2D eigenvalue weighted by Crippen LogP contribution is -2.06. The van der Waals surface area contributed by atoms with Gasteiger partial charge in [0.2, 0.25) is 5.43 Å². The Labute approximate surface area is 145 Å². The first-order chi connectivity index (χ1) is 11.7. The topological polar surface area (TPSA) is 74.5 Å². The zero-order chi connectivity index (χ0) is 16.7. The largest absolute Gasteiger partial charge is 0.339 e. The molecule has 0 saturated carbocycles. The Morgan fingerprint density at radius 1 is 1.21 bits per heavy atom. The van der Waals surface area contributed by atoms with Gasteiger partial charge in [-0.2, -0.15) is 5.26 Å². The number of pyridine rings is 1. The molecule has 2 heterocycles. The lowest BCUT2D eigenvalue weighted by Gasteiger charge is -2.06. The molecule has 5 nitrogen and oxygen atoms in total. The van der Waals surface area contributed by atoms with Crippen molar-refractivity contribution in [3.05, 3.63) is 74.6 Å². The Kier molecular flexibility index (Phi) is 3.44. The molecule has 4 aromatic rings. The van der Waals surface area contributed by atoms with E-state index < -0.39 is 0 Å². The van der Waals surface area contributed by atoms with Gasteiger partial charge in [0.15, 0.2) is 5.52 Å². The van der Waals surface area contributed by atoms with E-state index in [4.69, 9.17) is 5.26 Å². The Balaban J connectivity index is 1.84. The normalized spacial score (nSPS) is 11.0. The number of imidazole rings is 1. The monoisotopic (exact) mass is 378 g/mol. The van der Waals surface area contributed by atoms with E-state index in [9.17, 15) is 4.79 Å². The highest BCUT2D eigenvalue weighted by atomic mass is 79.9. The van der Waals surface area contributed by atoms with Crippen molar-refractivity contribution in [2.45, 2.75) is 6.54 Å². The second kappa shape index (κ2) is 5.62. The van der Waals surface area contributed by atoms with Crippen LogP contribution in [-0.4, -0.2) is 14.5 Å². The van der Waals surface area contributed by atoms with Gasteiger partial charge in [-0.25, -0.2) is 4.98 Å². The fourth-order valence-electron chi connectivity index (χ4n) is 2.75. The van der Waals surface area contributed by atoms with Gasteiger partial charge in [-0.15, -0.1) is 0 Å². The number of rotatable bonds is 2. The Morgan fingerprint density at radius 3 is 2.75 bits per heavy atom. The van der Waals surface area contributed by atoms with E-state index in [2.05, 4.69) is 32.0 Å². The molecule has 0 aliphatic heterocycles. The Bertz CT molecular complexity index is 1170. The number of nitriles is 1. The molecule has 0 bridgehead atoms. The molecule has 0 atom stereocenters. The van der Waals surface area contributed by atoms with Crippen LogP contribution >= 0.6 is 15.9 Å². The molecule has 2 aromatic heterocycles. The van der Waals surface area contributed by atoms with Gasteiger partial charge in [-0.1, -0.05) is 28.1 Å². The molecule has 0 amide bonds. The third-order valence-corrected chi connectivity index (χ3v) is 4.46. The van der Waals surface area contributed by atoms with E-state index in [-0.39, 0.29) is 5.43 Å². The number of fused-ring (bicyclic) bond motifs is 2. The lowest BCUT2D eigenvalue weighted by molar-refractivity contribution is 0.815. The summed E-state index contributed by atoms with van der Waals surface area (Å²) in [4.78, 5) is 20.2. The maximum atomic E-state index is 12.6. The van der Waals surface area contributed by atoms with E-state index in [1.54, 1.807) is 24.5 Å². The third kappa shape index (κ3) is 2.39. The van der Waals surface area contributed by atoms with Gasteiger partial charge in [0.05, 0.1) is 30.0 Å². The van der Waals surface area contributed by atoms with Crippen LogP contribution in [0.2, 0.25) is 0 Å². The molecule has 0 aliphatic carbocycles. The number of nitrogens with one attached hydrogen (secondary N) is 1. The van der Waals surface area contributed by atoms with Crippen LogP contribution in [0.15, 0.2) is 58.1 Å². The van der Waals surface area contributed by atoms with Crippen LogP contribution in [0.5, 0.6) is 0 Å². The predicted molar refractivity (Wildman–Crippen MR) is 95.8 cm³/mol. The molecule has 116 valence electrons. The van der Waals surface area contributed by atoms with E-state index in [0.29, 0.717) is 28.7 Å². The summed E-state index contributed by atoms with van der Waals surface area (Å²) in [5.41, 5.74) is 3.47. The van der Waals surface area contributed by atoms with Crippen LogP contribution in [0.25, 0.3) is 22.1 Å². The van der Waals surface area contributed by atoms with E-state index in [0.717, 1.165) is 15.6 Å². The summed E-state index contributed by atoms with van der Waals surface area (Å²) >= 11 is 3.39. The molecule has 24 heavy (non-hydrogen) atoms. The highest BCUT2D eigenvalue weighted by Gasteiger charge is 2.11. The fraction of sp³-hybridized carbons (Fsp3) is 0.0556. The van der Waals surface area contributed by atoms with Gasteiger partial charge in [0, 0.05) is 9.86 Å². The van der Waals surface area contributed by atoms with E-state index in [1.165, 1.54) is 0 Å². The number of aromatic amines is 1. The van der Waals surface area contributed by atoms with Gasteiger partial charge in [0.25, 0.3) is 0 Å². The maximum Gasteiger partial charge on any atom is 0.217 e. The van der Waals surface area contributed by atoms with Crippen molar-refractivity contribution in [1.29, 1.82) is 5.26 Å². The lowest BCUT2D eigenvalue weighted by atomic mass is 10.1. The summed E-state index contributed by atoms with van der Waals surface area (Å²) in [5, 5.41) is 9.48. The molecule has 0 radical (unpaired) electrons. The van der Waals surface area contributed by atoms with Crippen molar-refractivity contribution in [3.8, 4) is 6.07 Å². The van der Waals surface area contributed by atoms with E-state index in [1.807, 2.05) is 28.8 Å². The molecular formula is C18H11BrN4O. The summed E-state index contributed by atoms with van der Waals surface area (Å²) in [6, 6.07) is 15.0. The van der Waals surface area contributed by atoms with Gasteiger partial charge in [0.1, 0.15) is 5.65 Å². The van der Waals surface area contributed by atoms with Crippen molar-refractivity contribution < 1.29 is 0 Å². The van der Waals surface area contributed by atoms with Crippen LogP contribution < -0.4 is 5.43 Å². The van der Waals surface area contributed by atoms with Crippen molar-refractivity contribution in [2.24, 2.45) is 0 Å². The van der Waals surface area contributed by atoms with Crippen molar-refractivity contribution >= 4 is 38.0 Å². The average molecular weight is 379 g/mol. The van der Waals surface area contributed by atoms with Crippen LogP contribution in [0.3, 0.4) is 0 Å². The second-order valence-corrected chi connectivity index (χ2v) is 6.44. The van der Waals surface area contributed by atoms with Gasteiger partial charge in [-0.05, 0) is 35.9 Å². The molecule has 1 N–H and O–H groups in total. The molecule has 6 heteroatoms. The summed E-state index contributed by atoms with van der Waals surface area (Å²) in [5.74, 6) is 0. The zero-order valence-corrected chi connectivity index (χ0v) is 14.0. The maximum absolute atomic E-state index is 12.6. The molecular weight excluding hydrogens is 368 g/mol. The van der Waals surface area contributed by atoms with Crippen LogP contribution in [0.4, 0.5) is 0 Å². The minimum atomic E-state index is -0.0846. The minimum absolute atomic E-state index is 0.0846. The molecule has 0 spiro atoms. The summed E-state index contributed by atoms with van der Waals surface area (Å²) < 4.78 is 2.76. The summed E-state index contributed by atoms with van der Waals surface area (Å²) in [7, 11) is 0. The van der Waals surface area contributed by atoms with E-state index >= 15 is 0 Å². The summed E-state index contributed by atoms with van der Waals surface area (Å²) in [6.45, 7) is 0.570. The number of benzene rings is 2. The van der Waals surface area contributed by atoms with Crippen LogP contribution in [0.1, 0.15) is 11.1 Å². The zero-order valence-electron chi connectivity index (χ0n) is 12.5. The number of hydrogen-bond acceptors (Lipinski definition) is 3. The van der Waals surface area contributed by atoms with Crippen LogP contribution in [0, 0.1) is 11.3 Å². The standard InChI is InChI=1S/C18H11BrN4O/c19-13-5-6-15-14(7-13)17(24)16-18(22-15)23(10-21-16)9-12-3-1-11(8-20)2-4-12/h1-7,10H,9H2,(H,22,24). The number of nitrogens with zero attached hydrogens (tertiary/aromatic N) is 3. The van der Waals surface area contributed by atoms with Gasteiger partial charge >= 0.3 is 0 Å². The SMILES string of the molecule is N#Cc1ccc(Cn2cnc3c(=O)c4cc(Br)ccc4[nH]c32)cc1. The fourth-order valence-corrected chi connectivity index (χ4v) is 3.11. The Morgan fingerprint density at radius 2 is 2.00 bits per heavy atom. The first-order valence-electron chi connectivity index (χ1n) is 7.31. The molecule has 0 unspecified atom stereocenters. The smallest absolute Gasteiger partial charge is 0.217 e. The number of aromatic nitrogens is 3. The first-order valence-corrected chi connectivity index (χ1v) is 8.10. The van der Waals surface area contributed by atoms with Crippen molar-refractivity contribution in [1.82, 2.24) is 14.5 Å². The first kappa shape index (κ1) is 14.7. The van der Waals surface area contributed by atoms with Crippen molar-refractivity contribution in [2.75, 3.05) is 0 Å².